The van der Waals surface area contributed by atoms with Crippen LogP contribution in [0.5, 0.6) is 5.88 Å². The minimum absolute atomic E-state index is 0.0213. The summed E-state index contributed by atoms with van der Waals surface area (Å²) in [7, 11) is -2.13. The molecular formula is C52H51F2N11O8S2. The Hall–Kier alpha value is -7.63. The third-order valence-corrected chi connectivity index (χ3v) is 16.2. The van der Waals surface area contributed by atoms with Gasteiger partial charge in [0.05, 0.1) is 52.7 Å². The summed E-state index contributed by atoms with van der Waals surface area (Å²) in [5.41, 5.74) is 5.44. The molecule has 2 fully saturated rings. The van der Waals surface area contributed by atoms with Crippen molar-refractivity contribution in [2.45, 2.75) is 69.5 Å². The normalized spacial score (nSPS) is 19.6. The zero-order valence-corrected chi connectivity index (χ0v) is 42.9. The lowest BCUT2D eigenvalue weighted by Gasteiger charge is -2.26. The van der Waals surface area contributed by atoms with Crippen molar-refractivity contribution in [2.75, 3.05) is 43.9 Å². The molecule has 388 valence electrons. The number of amidine groups is 1. The lowest BCUT2D eigenvalue weighted by atomic mass is 9.91. The molecule has 0 saturated carbocycles. The number of anilines is 2. The Balaban J connectivity index is 0.731. The number of sulfone groups is 1. The van der Waals surface area contributed by atoms with Gasteiger partial charge in [0.15, 0.2) is 27.0 Å². The maximum absolute atomic E-state index is 15.6. The maximum Gasteiger partial charge on any atom is 0.274 e. The maximum atomic E-state index is 15.6. The van der Waals surface area contributed by atoms with Crippen LogP contribution >= 0.6 is 11.3 Å². The van der Waals surface area contributed by atoms with Crippen molar-refractivity contribution < 1.29 is 40.8 Å². The van der Waals surface area contributed by atoms with E-state index in [0.29, 0.717) is 84.4 Å². The predicted molar refractivity (Wildman–Crippen MR) is 275 cm³/mol. The highest BCUT2D eigenvalue weighted by atomic mass is 32.2. The summed E-state index contributed by atoms with van der Waals surface area (Å²) < 4.78 is 68.5. The smallest absolute Gasteiger partial charge is 0.274 e. The van der Waals surface area contributed by atoms with Gasteiger partial charge >= 0.3 is 0 Å². The average Bonchev–Trinajstić information content (AvgIpc) is 4.25. The molecule has 5 aromatic heterocycles. The van der Waals surface area contributed by atoms with Crippen LogP contribution in [-0.2, 0) is 50.7 Å². The number of aromatic amines is 1. The number of aromatic nitrogens is 5. The highest BCUT2D eigenvalue weighted by Gasteiger charge is 2.45. The van der Waals surface area contributed by atoms with E-state index >= 15 is 4.39 Å². The fourth-order valence-corrected chi connectivity index (χ4v) is 12.3. The van der Waals surface area contributed by atoms with Gasteiger partial charge in [-0.2, -0.15) is 0 Å². The topological polar surface area (TPSA) is 230 Å². The zero-order chi connectivity index (χ0) is 52.5. The molecule has 19 nitrogen and oxygen atoms in total. The second-order valence-electron chi connectivity index (χ2n) is 19.7. The summed E-state index contributed by atoms with van der Waals surface area (Å²) in [6.07, 6.45) is 7.08. The number of amides is 3. The van der Waals surface area contributed by atoms with E-state index in [0.717, 1.165) is 40.6 Å². The van der Waals surface area contributed by atoms with Gasteiger partial charge in [-0.1, -0.05) is 24.3 Å². The van der Waals surface area contributed by atoms with Crippen LogP contribution in [0.15, 0.2) is 86.9 Å². The van der Waals surface area contributed by atoms with Crippen molar-refractivity contribution in [1.29, 1.82) is 0 Å². The summed E-state index contributed by atoms with van der Waals surface area (Å²) in [4.78, 5) is 77.5. The Morgan fingerprint density at radius 3 is 2.63 bits per heavy atom. The first-order chi connectivity index (χ1) is 35.9. The van der Waals surface area contributed by atoms with Gasteiger partial charge in [0.25, 0.3) is 23.3 Å². The Labute approximate surface area is 432 Å². The summed E-state index contributed by atoms with van der Waals surface area (Å²) in [6, 6.07) is 12.4. The van der Waals surface area contributed by atoms with Gasteiger partial charge in [0.2, 0.25) is 5.91 Å². The molecule has 0 unspecified atom stereocenters. The van der Waals surface area contributed by atoms with Crippen LogP contribution in [0.4, 0.5) is 20.3 Å². The number of pyridine rings is 2. The van der Waals surface area contributed by atoms with Gasteiger partial charge in [-0.3, -0.25) is 24.1 Å². The molecule has 7 aromatic rings. The van der Waals surface area contributed by atoms with Gasteiger partial charge < -0.3 is 39.2 Å². The average molecular weight is 1060 g/mol. The van der Waals surface area contributed by atoms with E-state index < -0.39 is 44.7 Å². The van der Waals surface area contributed by atoms with Gasteiger partial charge in [0, 0.05) is 92.1 Å². The second kappa shape index (κ2) is 19.3. The van der Waals surface area contributed by atoms with Crippen LogP contribution < -0.4 is 25.8 Å². The number of fused-ring (bicyclic) bond motifs is 2. The van der Waals surface area contributed by atoms with E-state index in [2.05, 4.69) is 35.6 Å². The van der Waals surface area contributed by atoms with Gasteiger partial charge in [-0.25, -0.2) is 32.2 Å². The molecule has 0 radical (unpaired) electrons. The van der Waals surface area contributed by atoms with Gasteiger partial charge in [-0.05, 0) is 72.7 Å². The van der Waals surface area contributed by atoms with Gasteiger partial charge in [0.1, 0.15) is 29.5 Å². The van der Waals surface area contributed by atoms with Gasteiger partial charge in [-0.15, -0.1) is 11.3 Å². The van der Waals surface area contributed by atoms with Crippen molar-refractivity contribution in [2.24, 2.45) is 12.0 Å². The number of benzene rings is 2. The van der Waals surface area contributed by atoms with E-state index in [1.807, 2.05) is 31.2 Å². The first kappa shape index (κ1) is 49.6. The number of carbonyl (C=O) groups is 3. The molecule has 0 aliphatic carbocycles. The van der Waals surface area contributed by atoms with Crippen LogP contribution in [0.1, 0.15) is 64.7 Å². The van der Waals surface area contributed by atoms with Crippen molar-refractivity contribution in [3.8, 4) is 27.4 Å². The van der Waals surface area contributed by atoms with E-state index in [4.69, 9.17) is 14.3 Å². The van der Waals surface area contributed by atoms with Crippen molar-refractivity contribution in [3.05, 3.63) is 128 Å². The Morgan fingerprint density at radius 1 is 1.05 bits per heavy atom. The number of rotatable bonds is 14. The highest BCUT2D eigenvalue weighted by molar-refractivity contribution is 7.89. The lowest BCUT2D eigenvalue weighted by Crippen LogP contribution is -2.46. The first-order valence-corrected chi connectivity index (χ1v) is 27.3. The van der Waals surface area contributed by atoms with Crippen LogP contribution in [0, 0.1) is 18.6 Å². The number of H-pyrrole nitrogens is 1. The number of aliphatic imine (C=N–C) groups is 1. The van der Waals surface area contributed by atoms with Crippen molar-refractivity contribution >= 4 is 67.1 Å². The summed E-state index contributed by atoms with van der Waals surface area (Å²) in [5.74, 6) is -2.59. The number of nitrogens with zero attached hydrogens (tertiary/aromatic N) is 8. The number of halogens is 2. The van der Waals surface area contributed by atoms with E-state index in [9.17, 15) is 32.0 Å². The third kappa shape index (κ3) is 9.47. The van der Waals surface area contributed by atoms with Crippen LogP contribution in [0.2, 0.25) is 0 Å². The minimum Gasteiger partial charge on any atom is -0.474 e. The molecule has 0 spiro atoms. The largest absolute Gasteiger partial charge is 0.474 e. The van der Waals surface area contributed by atoms with Crippen molar-refractivity contribution in [1.82, 2.24) is 45.1 Å². The van der Waals surface area contributed by atoms with E-state index in [-0.39, 0.29) is 71.3 Å². The summed E-state index contributed by atoms with van der Waals surface area (Å²) >= 11 is 1.56. The number of likely N-dealkylation sites (tertiary alicyclic amines) is 2. The predicted octanol–water partition coefficient (Wildman–Crippen LogP) is 5.68. The molecule has 11 rings (SSSR count). The quantitative estimate of drug-likeness (QED) is 0.119. The molecule has 2 saturated heterocycles. The van der Waals surface area contributed by atoms with E-state index in [1.54, 1.807) is 60.2 Å². The summed E-state index contributed by atoms with van der Waals surface area (Å²) in [6.45, 7) is 5.95. The molecule has 9 heterocycles. The number of hydrogen-bond donors (Lipinski definition) is 3. The SMILES string of the molecule is Cc1ncsc1-c1ccc([C@]2(C)N=C([C@@H]3CCCN3C(=O)Cc3cc(OCCN4CC[C@H](NC(=O)c5cc6c(cc5CS(C)(=O)=O)-c5cn(C)c(=O)c7[nH]cc(c57)CN6c5ncc(F)cc5F)C4)no3)NC2=O)cc1. The number of hydrogen-bond acceptors (Lipinski definition) is 15. The molecule has 2 aromatic carbocycles. The molecule has 75 heavy (non-hydrogen) atoms. The van der Waals surface area contributed by atoms with Crippen LogP contribution in [0.25, 0.3) is 32.5 Å². The molecule has 4 aliphatic rings. The number of ether oxygens (including phenoxy) is 1. The standard InChI is InChI=1S/C52H51F2N11O8S2/c1-28-46(74-27-57-28)29-7-9-32(10-8-29)52(2)51(69)59-47(60-52)40-6-5-12-64(40)43(66)19-35-18-42(61-73-35)72-15-14-63-13-11-34(24-63)58-49(67)36-20-41-37(16-30(36)26-75(4,70)71)38-25-62(3)50(68)45-44(38)31(21-55-45)23-65(41)48-39(54)17-33(53)22-56-48/h7-10,16-18,20-22,25,27,34,40,55H,5-6,11-15,19,23-24,26H2,1-4H3,(H,58,67)(H,59,60,69)/t34-,40-,52-/m0/s1. The Bertz CT molecular complexity index is 3670. The molecule has 0 bridgehead atoms. The van der Waals surface area contributed by atoms with Crippen LogP contribution in [0.3, 0.4) is 0 Å². The number of nitrogens with one attached hydrogen (secondary N) is 3. The Morgan fingerprint density at radius 2 is 1.87 bits per heavy atom. The first-order valence-electron chi connectivity index (χ1n) is 24.4. The second-order valence-corrected chi connectivity index (χ2v) is 22.7. The molecule has 23 heteroatoms. The fourth-order valence-electron chi connectivity index (χ4n) is 10.7. The number of aryl methyl sites for hydroxylation is 2. The lowest BCUT2D eigenvalue weighted by molar-refractivity contribution is -0.130. The minimum atomic E-state index is -3.71. The summed E-state index contributed by atoms with van der Waals surface area (Å²) in [5, 5.41) is 10.6. The third-order valence-electron chi connectivity index (χ3n) is 14.4. The number of carbonyl (C=O) groups excluding carboxylic acids is 3. The zero-order valence-electron chi connectivity index (χ0n) is 41.3. The molecular weight excluding hydrogens is 1010 g/mol. The molecule has 4 aliphatic heterocycles. The highest BCUT2D eigenvalue weighted by Crippen LogP contribution is 2.45. The molecule has 3 amide bonds. The van der Waals surface area contributed by atoms with E-state index in [1.165, 1.54) is 15.5 Å². The van der Waals surface area contributed by atoms with Crippen LogP contribution in [-0.4, -0.2) is 118 Å². The Kier molecular flexibility index (Phi) is 12.7. The fraction of sp³-hybridized carbons (Fsp3) is 0.346. The van der Waals surface area contributed by atoms with Crippen molar-refractivity contribution in [3.63, 3.8) is 0 Å². The molecule has 3 atom stereocenters. The monoisotopic (exact) mass is 1060 g/mol. The molecule has 3 N–H and O–H groups in total. The number of thiazole rings is 1.